The Hall–Kier alpha value is -2.26. The van der Waals surface area contributed by atoms with Gasteiger partial charge in [-0.2, -0.15) is 0 Å². The molecule has 2 N–H and O–H groups in total. The van der Waals surface area contributed by atoms with Crippen molar-refractivity contribution < 1.29 is 4.74 Å². The number of nitrogens with one attached hydrogen (secondary N) is 2. The van der Waals surface area contributed by atoms with E-state index in [9.17, 15) is 0 Å². The largest absolute Gasteiger partial charge is 0.487 e. The zero-order valence-electron chi connectivity index (χ0n) is 13.7. The number of H-pyrrole nitrogens is 1. The van der Waals surface area contributed by atoms with E-state index in [1.807, 2.05) is 6.07 Å². The third-order valence-electron chi connectivity index (χ3n) is 5.44. The number of benzene rings is 2. The van der Waals surface area contributed by atoms with Gasteiger partial charge in [-0.25, -0.2) is 0 Å². The van der Waals surface area contributed by atoms with E-state index in [2.05, 4.69) is 52.8 Å². The molecule has 0 unspecified atom stereocenters. The average molecular weight is 318 g/mol. The summed E-state index contributed by atoms with van der Waals surface area (Å²) in [5, 5.41) is 5.13. The summed E-state index contributed by atoms with van der Waals surface area (Å²) in [7, 11) is 0. The quantitative estimate of drug-likeness (QED) is 0.747. The number of para-hydroxylation sites is 1. The molecular weight excluding hydrogens is 296 g/mol. The van der Waals surface area contributed by atoms with E-state index in [0.717, 1.165) is 17.7 Å². The molecule has 122 valence electrons. The Morgan fingerprint density at radius 2 is 1.92 bits per heavy atom. The summed E-state index contributed by atoms with van der Waals surface area (Å²) in [5.74, 6) is 0.959. The van der Waals surface area contributed by atoms with Crippen molar-refractivity contribution in [1.82, 2.24) is 10.3 Å². The Kier molecular flexibility index (Phi) is 3.34. The highest BCUT2D eigenvalue weighted by Crippen LogP contribution is 2.41. The fraction of sp³-hybridized carbons (Fsp3) is 0.333. The van der Waals surface area contributed by atoms with E-state index in [1.165, 1.54) is 41.5 Å². The molecule has 2 bridgehead atoms. The minimum absolute atomic E-state index is 0.505. The average Bonchev–Trinajstić information content (AvgIpc) is 3.00. The molecular formula is C21H22N2O. The van der Waals surface area contributed by atoms with Crippen LogP contribution >= 0.6 is 0 Å². The highest BCUT2D eigenvalue weighted by molar-refractivity contribution is 5.90. The zero-order valence-corrected chi connectivity index (χ0v) is 13.7. The van der Waals surface area contributed by atoms with E-state index in [0.29, 0.717) is 18.7 Å². The van der Waals surface area contributed by atoms with Gasteiger partial charge in [0.1, 0.15) is 12.4 Å². The van der Waals surface area contributed by atoms with Crippen molar-refractivity contribution in [2.45, 2.75) is 44.4 Å². The Labute approximate surface area is 142 Å². The van der Waals surface area contributed by atoms with Crippen molar-refractivity contribution in [3.8, 4) is 5.75 Å². The topological polar surface area (TPSA) is 37.0 Å². The Balaban J connectivity index is 1.52. The van der Waals surface area contributed by atoms with Crippen LogP contribution in [0.1, 0.15) is 42.1 Å². The smallest absolute Gasteiger partial charge is 0.143 e. The maximum Gasteiger partial charge on any atom is 0.143 e. The number of fused-ring (bicyclic) bond motifs is 6. The molecule has 1 aromatic heterocycles. The molecule has 0 aliphatic carbocycles. The van der Waals surface area contributed by atoms with E-state index in [1.54, 1.807) is 0 Å². The molecule has 1 fully saturated rings. The van der Waals surface area contributed by atoms with Crippen LogP contribution in [0.3, 0.4) is 0 Å². The van der Waals surface area contributed by atoms with Crippen LogP contribution < -0.4 is 10.1 Å². The molecule has 0 amide bonds. The Bertz CT molecular complexity index is 868. The van der Waals surface area contributed by atoms with Crippen LogP contribution in [0.2, 0.25) is 0 Å². The van der Waals surface area contributed by atoms with Gasteiger partial charge < -0.3 is 15.0 Å². The summed E-state index contributed by atoms with van der Waals surface area (Å²) in [6.07, 6.45) is 4.98. The van der Waals surface area contributed by atoms with Gasteiger partial charge in [0.05, 0.1) is 5.52 Å². The van der Waals surface area contributed by atoms with Crippen LogP contribution in [0.4, 0.5) is 0 Å². The van der Waals surface area contributed by atoms with Gasteiger partial charge in [-0.3, -0.25) is 0 Å². The predicted octanol–water partition coefficient (Wildman–Crippen LogP) is 4.49. The van der Waals surface area contributed by atoms with Crippen LogP contribution in [-0.2, 0) is 13.0 Å². The molecule has 2 aromatic carbocycles. The summed E-state index contributed by atoms with van der Waals surface area (Å²) in [6, 6.07) is 17.9. The van der Waals surface area contributed by atoms with Gasteiger partial charge in [-0.15, -0.1) is 0 Å². The molecule has 0 saturated carbocycles. The van der Waals surface area contributed by atoms with Crippen LogP contribution in [0.25, 0.3) is 10.9 Å². The Morgan fingerprint density at radius 1 is 1.00 bits per heavy atom. The summed E-state index contributed by atoms with van der Waals surface area (Å²) in [6.45, 7) is 0.605. The second kappa shape index (κ2) is 5.67. The van der Waals surface area contributed by atoms with Gasteiger partial charge in [-0.05, 0) is 36.5 Å². The summed E-state index contributed by atoms with van der Waals surface area (Å²) < 4.78 is 6.14. The second-order valence-corrected chi connectivity index (χ2v) is 7.02. The van der Waals surface area contributed by atoms with Gasteiger partial charge >= 0.3 is 0 Å². The van der Waals surface area contributed by atoms with Gasteiger partial charge in [0.15, 0.2) is 0 Å². The molecule has 0 spiro atoms. The first-order valence-corrected chi connectivity index (χ1v) is 8.95. The molecule has 2 atom stereocenters. The van der Waals surface area contributed by atoms with Gasteiger partial charge in [0.2, 0.25) is 0 Å². The molecule has 24 heavy (non-hydrogen) atoms. The first-order valence-electron chi connectivity index (χ1n) is 8.95. The third kappa shape index (κ3) is 2.31. The third-order valence-corrected chi connectivity index (χ3v) is 5.44. The van der Waals surface area contributed by atoms with E-state index >= 15 is 0 Å². The molecule has 2 aliphatic rings. The van der Waals surface area contributed by atoms with Crippen LogP contribution in [0.5, 0.6) is 5.75 Å². The molecule has 1 saturated heterocycles. The second-order valence-electron chi connectivity index (χ2n) is 7.02. The van der Waals surface area contributed by atoms with E-state index in [-0.39, 0.29) is 0 Å². The van der Waals surface area contributed by atoms with Crippen molar-refractivity contribution in [2.75, 3.05) is 0 Å². The SMILES string of the molecule is c1ccc(COc2cccc3c4c([nH]c23)C[C@@H]2CCC[C@@H]4N2)cc1. The normalized spacial score (nSPS) is 22.3. The highest BCUT2D eigenvalue weighted by atomic mass is 16.5. The molecule has 5 rings (SSSR count). The van der Waals surface area contributed by atoms with Gasteiger partial charge in [0.25, 0.3) is 0 Å². The van der Waals surface area contributed by atoms with Crippen molar-refractivity contribution >= 4 is 10.9 Å². The van der Waals surface area contributed by atoms with Crippen molar-refractivity contribution in [3.63, 3.8) is 0 Å². The molecule has 3 aromatic rings. The fourth-order valence-electron chi connectivity index (χ4n) is 4.33. The lowest BCUT2D eigenvalue weighted by Crippen LogP contribution is -2.42. The first-order chi connectivity index (χ1) is 11.9. The van der Waals surface area contributed by atoms with Crippen molar-refractivity contribution in [3.05, 3.63) is 65.4 Å². The maximum atomic E-state index is 6.14. The number of rotatable bonds is 3. The molecule has 2 aliphatic heterocycles. The summed E-state index contributed by atoms with van der Waals surface area (Å²) in [5.41, 5.74) is 5.25. The van der Waals surface area contributed by atoms with Gasteiger partial charge in [0, 0.05) is 29.6 Å². The molecule has 3 nitrogen and oxygen atoms in total. The summed E-state index contributed by atoms with van der Waals surface area (Å²) in [4.78, 5) is 3.68. The van der Waals surface area contributed by atoms with E-state index in [4.69, 9.17) is 4.74 Å². The number of aromatic nitrogens is 1. The minimum atomic E-state index is 0.505. The first kappa shape index (κ1) is 14.1. The van der Waals surface area contributed by atoms with Crippen LogP contribution in [0, 0.1) is 0 Å². The van der Waals surface area contributed by atoms with Crippen molar-refractivity contribution in [2.24, 2.45) is 0 Å². The maximum absolute atomic E-state index is 6.14. The lowest BCUT2D eigenvalue weighted by Gasteiger charge is -2.36. The zero-order chi connectivity index (χ0) is 15.9. The standard InChI is InChI=1S/C21H22N2O/c1-2-6-14(7-3-1)13-24-19-11-5-9-16-20-17-10-4-8-15(22-17)12-18(20)23-21(16)19/h1-3,5-7,9,11,15,17,22-23H,4,8,10,12-13H2/t15-,17-/m0/s1. The Morgan fingerprint density at radius 3 is 2.83 bits per heavy atom. The number of hydrogen-bond donors (Lipinski definition) is 2. The fourth-order valence-corrected chi connectivity index (χ4v) is 4.33. The number of ether oxygens (including phenoxy) is 1. The predicted molar refractivity (Wildman–Crippen MR) is 96.3 cm³/mol. The summed E-state index contributed by atoms with van der Waals surface area (Å²) >= 11 is 0. The van der Waals surface area contributed by atoms with Gasteiger partial charge in [-0.1, -0.05) is 42.5 Å². The molecule has 3 heteroatoms. The van der Waals surface area contributed by atoms with E-state index < -0.39 is 0 Å². The molecule has 3 heterocycles. The van der Waals surface area contributed by atoms with Crippen LogP contribution in [-0.4, -0.2) is 11.0 Å². The highest BCUT2D eigenvalue weighted by Gasteiger charge is 2.32. The monoisotopic (exact) mass is 318 g/mol. The lowest BCUT2D eigenvalue weighted by atomic mass is 9.84. The number of piperidine rings is 1. The lowest BCUT2D eigenvalue weighted by molar-refractivity contribution is 0.302. The number of hydrogen-bond acceptors (Lipinski definition) is 2. The van der Waals surface area contributed by atoms with Crippen LogP contribution in [0.15, 0.2) is 48.5 Å². The molecule has 0 radical (unpaired) electrons. The van der Waals surface area contributed by atoms with Crippen molar-refractivity contribution in [1.29, 1.82) is 0 Å². The minimum Gasteiger partial charge on any atom is -0.487 e. The number of aromatic amines is 1.